The Hall–Kier alpha value is -2.69. The van der Waals surface area contributed by atoms with Gasteiger partial charge in [-0.1, -0.05) is 0 Å². The Bertz CT molecular complexity index is 480. The first kappa shape index (κ1) is 20.3. The first-order chi connectivity index (χ1) is 10.7. The normalized spacial score (nSPS) is 12.6. The van der Waals surface area contributed by atoms with Crippen LogP contribution in [0.3, 0.4) is 0 Å². The number of rotatable bonds is 10. The lowest BCUT2D eigenvalue weighted by Gasteiger charge is -2.20. The smallest absolute Gasteiger partial charge is 0.304 e. The van der Waals surface area contributed by atoms with Crippen LogP contribution in [0.1, 0.15) is 25.7 Å². The zero-order chi connectivity index (χ0) is 18.0. The summed E-state index contributed by atoms with van der Waals surface area (Å²) in [4.78, 5) is 56.4. The van der Waals surface area contributed by atoms with Gasteiger partial charge < -0.3 is 21.5 Å². The van der Waals surface area contributed by atoms with E-state index in [-0.39, 0.29) is 12.8 Å². The Balaban J connectivity index is 4.98. The van der Waals surface area contributed by atoms with Crippen molar-refractivity contribution in [2.24, 2.45) is 11.7 Å². The number of carbonyl (C=O) groups is 5. The van der Waals surface area contributed by atoms with Crippen LogP contribution in [-0.4, -0.2) is 53.0 Å². The minimum absolute atomic E-state index is 0.0767. The molecule has 0 aromatic rings. The van der Waals surface area contributed by atoms with Crippen LogP contribution in [0.5, 0.6) is 0 Å². The molecule has 0 heterocycles. The van der Waals surface area contributed by atoms with Crippen molar-refractivity contribution in [3.63, 3.8) is 0 Å². The van der Waals surface area contributed by atoms with E-state index in [0.717, 1.165) is 0 Å². The first-order valence-electron chi connectivity index (χ1n) is 6.66. The molecule has 11 nitrogen and oxygen atoms in total. The topological polar surface area (TPSA) is 188 Å². The maximum absolute atomic E-state index is 12.1. The Morgan fingerprint density at radius 2 is 1.70 bits per heavy atom. The Kier molecular flexibility index (Phi) is 8.92. The highest BCUT2D eigenvalue weighted by atomic mass is 16.5. The largest absolute Gasteiger partial charge is 0.481 e. The molecular formula is C12H20N4O7. The number of carboxylic acid groups (broad SMARTS) is 1. The molecule has 11 heteroatoms. The third-order valence-corrected chi connectivity index (χ3v) is 2.91. The summed E-state index contributed by atoms with van der Waals surface area (Å²) in [6.45, 7) is 0. The van der Waals surface area contributed by atoms with E-state index in [0.29, 0.717) is 0 Å². The summed E-state index contributed by atoms with van der Waals surface area (Å²) >= 11 is 0. The third-order valence-electron chi connectivity index (χ3n) is 2.91. The summed E-state index contributed by atoms with van der Waals surface area (Å²) in [6.07, 6.45) is -1.49. The van der Waals surface area contributed by atoms with Crippen LogP contribution < -0.4 is 21.8 Å². The van der Waals surface area contributed by atoms with Crippen molar-refractivity contribution in [2.45, 2.75) is 31.7 Å². The molecule has 7 N–H and O–H groups in total. The molecule has 0 saturated carbocycles. The van der Waals surface area contributed by atoms with Crippen LogP contribution in [0, 0.1) is 5.92 Å². The Labute approximate surface area is 131 Å². The maximum Gasteiger partial charge on any atom is 0.304 e. The second kappa shape index (κ2) is 10.1. The monoisotopic (exact) mass is 332 g/mol. The van der Waals surface area contributed by atoms with E-state index in [1.54, 1.807) is 0 Å². The predicted molar refractivity (Wildman–Crippen MR) is 74.7 cm³/mol. The summed E-state index contributed by atoms with van der Waals surface area (Å²) < 4.78 is 0. The summed E-state index contributed by atoms with van der Waals surface area (Å²) in [7, 11) is 1.32. The molecular weight excluding hydrogens is 312 g/mol. The second-order valence-electron chi connectivity index (χ2n) is 4.71. The number of aliphatic carboxylic acids is 1. The molecule has 0 aliphatic heterocycles. The maximum atomic E-state index is 12.1. The molecule has 0 radical (unpaired) electrons. The van der Waals surface area contributed by atoms with Crippen LogP contribution >= 0.6 is 0 Å². The molecule has 0 aliphatic carbocycles. The number of hydrogen-bond acceptors (Lipinski definition) is 6. The van der Waals surface area contributed by atoms with Crippen molar-refractivity contribution in [3.05, 3.63) is 0 Å². The number of likely N-dealkylation sites (N-methyl/N-ethyl adjacent to an activating group) is 1. The van der Waals surface area contributed by atoms with Crippen molar-refractivity contribution in [2.75, 3.05) is 7.05 Å². The number of nitrogens with one attached hydrogen (secondary N) is 3. The number of amides is 4. The van der Waals surface area contributed by atoms with Gasteiger partial charge in [0, 0.05) is 19.9 Å². The van der Waals surface area contributed by atoms with Gasteiger partial charge in [0.2, 0.25) is 23.6 Å². The van der Waals surface area contributed by atoms with Gasteiger partial charge in [-0.25, -0.2) is 5.48 Å². The van der Waals surface area contributed by atoms with Gasteiger partial charge in [-0.3, -0.25) is 29.2 Å². The molecule has 0 bridgehead atoms. The standard InChI is InChI=1S/C12H20N4O7/c1-14-12(22)7(2-3-8(13)17)15-11(21)6(5-10(19)20)4-9(18)16-23/h6-7,23H,2-5H2,1H3,(H2,13,17)(H,14,22)(H,15,21)(H,16,18)(H,19,20)/t6-,7-/m0/s1. The fraction of sp³-hybridized carbons (Fsp3) is 0.583. The SMILES string of the molecule is CNC(=O)[C@H](CCC(N)=O)NC(=O)[C@H](CC(=O)O)CC(=O)NO. The minimum atomic E-state index is -1.33. The molecule has 4 amide bonds. The highest BCUT2D eigenvalue weighted by molar-refractivity contribution is 5.92. The van der Waals surface area contributed by atoms with E-state index in [2.05, 4.69) is 10.6 Å². The molecule has 0 aromatic heterocycles. The van der Waals surface area contributed by atoms with E-state index in [1.807, 2.05) is 0 Å². The molecule has 0 spiro atoms. The van der Waals surface area contributed by atoms with Crippen LogP contribution in [0.25, 0.3) is 0 Å². The van der Waals surface area contributed by atoms with Crippen molar-refractivity contribution in [3.8, 4) is 0 Å². The lowest BCUT2D eigenvalue weighted by atomic mass is 9.99. The van der Waals surface area contributed by atoms with Crippen LogP contribution in [0.15, 0.2) is 0 Å². The molecule has 0 saturated heterocycles. The van der Waals surface area contributed by atoms with Crippen molar-refractivity contribution < 1.29 is 34.3 Å². The van der Waals surface area contributed by atoms with E-state index >= 15 is 0 Å². The molecule has 0 unspecified atom stereocenters. The summed E-state index contributed by atoms with van der Waals surface area (Å²) in [5.74, 6) is -5.70. The van der Waals surface area contributed by atoms with Crippen LogP contribution in [0.4, 0.5) is 0 Å². The fourth-order valence-electron chi connectivity index (χ4n) is 1.76. The average molecular weight is 332 g/mol. The van der Waals surface area contributed by atoms with Crippen LogP contribution in [0.2, 0.25) is 0 Å². The molecule has 130 valence electrons. The molecule has 2 atom stereocenters. The molecule has 0 aliphatic rings. The summed E-state index contributed by atoms with van der Waals surface area (Å²) in [5, 5.41) is 21.8. The van der Waals surface area contributed by atoms with Gasteiger partial charge in [-0.15, -0.1) is 0 Å². The lowest BCUT2D eigenvalue weighted by molar-refractivity contribution is -0.143. The zero-order valence-electron chi connectivity index (χ0n) is 12.5. The Morgan fingerprint density at radius 1 is 1.09 bits per heavy atom. The van der Waals surface area contributed by atoms with Gasteiger partial charge in [-0.2, -0.15) is 0 Å². The van der Waals surface area contributed by atoms with Gasteiger partial charge in [-0.05, 0) is 6.42 Å². The second-order valence-corrected chi connectivity index (χ2v) is 4.71. The van der Waals surface area contributed by atoms with Crippen molar-refractivity contribution >= 4 is 29.6 Å². The lowest BCUT2D eigenvalue weighted by Crippen LogP contribution is -2.48. The van der Waals surface area contributed by atoms with E-state index in [1.165, 1.54) is 12.5 Å². The summed E-state index contributed by atoms with van der Waals surface area (Å²) in [6, 6.07) is -1.10. The number of hydroxylamine groups is 1. The highest BCUT2D eigenvalue weighted by Gasteiger charge is 2.28. The van der Waals surface area contributed by atoms with Gasteiger partial charge in [0.1, 0.15) is 6.04 Å². The van der Waals surface area contributed by atoms with Crippen LogP contribution in [-0.2, 0) is 24.0 Å². The fourth-order valence-corrected chi connectivity index (χ4v) is 1.76. The summed E-state index contributed by atoms with van der Waals surface area (Å²) in [5.41, 5.74) is 6.28. The van der Waals surface area contributed by atoms with Gasteiger partial charge in [0.25, 0.3) is 0 Å². The zero-order valence-corrected chi connectivity index (χ0v) is 12.5. The number of primary amides is 1. The third kappa shape index (κ3) is 8.36. The number of carboxylic acids is 1. The molecule has 0 rings (SSSR count). The van der Waals surface area contributed by atoms with E-state index in [4.69, 9.17) is 16.0 Å². The molecule has 0 aromatic carbocycles. The average Bonchev–Trinajstić information content (AvgIpc) is 2.48. The number of nitrogens with two attached hydrogens (primary N) is 1. The predicted octanol–water partition coefficient (Wildman–Crippen LogP) is -2.53. The molecule has 23 heavy (non-hydrogen) atoms. The van der Waals surface area contributed by atoms with Gasteiger partial charge >= 0.3 is 5.97 Å². The highest BCUT2D eigenvalue weighted by Crippen LogP contribution is 2.11. The van der Waals surface area contributed by atoms with Crippen molar-refractivity contribution in [1.29, 1.82) is 0 Å². The van der Waals surface area contributed by atoms with Gasteiger partial charge in [0.15, 0.2) is 0 Å². The minimum Gasteiger partial charge on any atom is -0.481 e. The first-order valence-corrected chi connectivity index (χ1v) is 6.66. The quantitative estimate of drug-likeness (QED) is 0.188. The van der Waals surface area contributed by atoms with Crippen molar-refractivity contribution in [1.82, 2.24) is 16.1 Å². The van der Waals surface area contributed by atoms with E-state index < -0.39 is 54.4 Å². The van der Waals surface area contributed by atoms with E-state index in [9.17, 15) is 24.0 Å². The van der Waals surface area contributed by atoms with Gasteiger partial charge in [0.05, 0.1) is 12.3 Å². The Morgan fingerprint density at radius 3 is 2.13 bits per heavy atom. The number of carbonyl (C=O) groups excluding carboxylic acids is 4. The molecule has 0 fully saturated rings. The number of hydrogen-bond donors (Lipinski definition) is 6.